The maximum atomic E-state index is 13.4. The van der Waals surface area contributed by atoms with Crippen molar-refractivity contribution in [3.8, 4) is 11.5 Å². The van der Waals surface area contributed by atoms with Crippen molar-refractivity contribution in [1.29, 1.82) is 0 Å². The SMILES string of the molecule is CCCN1CC[C@]23c4c5ccc(O)c4OC2C(N2C(=O)c4ccccc4C2=O)CC[C@@]3(O)[C@H]1C5. The lowest BCUT2D eigenvalue weighted by Gasteiger charge is -2.64. The maximum absolute atomic E-state index is 13.4. The normalized spacial score (nSPS) is 35.2. The van der Waals surface area contributed by atoms with E-state index in [1.165, 1.54) is 4.90 Å². The van der Waals surface area contributed by atoms with Gasteiger partial charge in [0.1, 0.15) is 6.10 Å². The Bertz CT molecular complexity index is 1220. The Hall–Kier alpha value is -2.90. The van der Waals surface area contributed by atoms with Gasteiger partial charge in [0.2, 0.25) is 0 Å². The van der Waals surface area contributed by atoms with E-state index in [0.717, 1.165) is 30.6 Å². The number of aliphatic hydroxyl groups is 1. The Labute approximate surface area is 197 Å². The number of likely N-dealkylation sites (tertiary alicyclic amines) is 1. The van der Waals surface area contributed by atoms with Gasteiger partial charge in [-0.15, -0.1) is 0 Å². The van der Waals surface area contributed by atoms with Crippen LogP contribution in [-0.4, -0.2) is 68.7 Å². The predicted octanol–water partition coefficient (Wildman–Crippen LogP) is 2.62. The Morgan fingerprint density at radius 3 is 2.53 bits per heavy atom. The molecule has 2 aliphatic carbocycles. The van der Waals surface area contributed by atoms with Gasteiger partial charge in [0, 0.05) is 11.6 Å². The Morgan fingerprint density at radius 2 is 1.82 bits per heavy atom. The van der Waals surface area contributed by atoms with Crippen LogP contribution in [0.15, 0.2) is 36.4 Å². The van der Waals surface area contributed by atoms with E-state index in [1.54, 1.807) is 30.3 Å². The van der Waals surface area contributed by atoms with Gasteiger partial charge in [0.05, 0.1) is 28.2 Å². The molecule has 5 atom stereocenters. The molecule has 176 valence electrons. The average Bonchev–Trinajstić information content (AvgIpc) is 3.31. The highest BCUT2D eigenvalue weighted by molar-refractivity contribution is 6.21. The number of hydrogen-bond donors (Lipinski definition) is 2. The summed E-state index contributed by atoms with van der Waals surface area (Å²) in [6, 6.07) is 9.99. The molecule has 0 radical (unpaired) electrons. The van der Waals surface area contributed by atoms with Crippen LogP contribution in [0.3, 0.4) is 0 Å². The minimum absolute atomic E-state index is 0.0559. The summed E-state index contributed by atoms with van der Waals surface area (Å²) in [7, 11) is 0. The van der Waals surface area contributed by atoms with E-state index in [4.69, 9.17) is 4.74 Å². The number of nitrogens with zero attached hydrogens (tertiary/aromatic N) is 2. The van der Waals surface area contributed by atoms with Gasteiger partial charge in [0.25, 0.3) is 11.8 Å². The molecule has 5 aliphatic rings. The van der Waals surface area contributed by atoms with Crippen molar-refractivity contribution in [2.75, 3.05) is 13.1 Å². The number of ether oxygens (including phenoxy) is 1. The predicted molar refractivity (Wildman–Crippen MR) is 123 cm³/mol. The third-order valence-electron chi connectivity index (χ3n) is 9.21. The smallest absolute Gasteiger partial charge is 0.261 e. The Morgan fingerprint density at radius 1 is 1.09 bits per heavy atom. The first-order valence-electron chi connectivity index (χ1n) is 12.4. The van der Waals surface area contributed by atoms with Crippen molar-refractivity contribution in [2.45, 2.75) is 68.2 Å². The summed E-state index contributed by atoms with van der Waals surface area (Å²) in [5, 5.41) is 23.2. The van der Waals surface area contributed by atoms with Crippen molar-refractivity contribution in [3.63, 3.8) is 0 Å². The molecule has 1 saturated heterocycles. The molecule has 2 N–H and O–H groups in total. The number of imide groups is 1. The van der Waals surface area contributed by atoms with Crippen LogP contribution in [0.1, 0.15) is 64.4 Å². The largest absolute Gasteiger partial charge is 0.504 e. The summed E-state index contributed by atoms with van der Waals surface area (Å²) >= 11 is 0. The highest BCUT2D eigenvalue weighted by Crippen LogP contribution is 2.66. The molecule has 2 fully saturated rings. The van der Waals surface area contributed by atoms with Crippen molar-refractivity contribution in [2.24, 2.45) is 0 Å². The fourth-order valence-corrected chi connectivity index (χ4v) is 7.93. The van der Waals surface area contributed by atoms with Gasteiger partial charge in [-0.1, -0.05) is 25.1 Å². The van der Waals surface area contributed by atoms with E-state index in [2.05, 4.69) is 11.8 Å². The van der Waals surface area contributed by atoms with Crippen LogP contribution >= 0.6 is 0 Å². The van der Waals surface area contributed by atoms with Gasteiger partial charge >= 0.3 is 0 Å². The minimum Gasteiger partial charge on any atom is -0.504 e. The van der Waals surface area contributed by atoms with Crippen LogP contribution in [0.25, 0.3) is 0 Å². The third kappa shape index (κ3) is 2.16. The summed E-state index contributed by atoms with van der Waals surface area (Å²) < 4.78 is 6.52. The molecular formula is C27H28N2O5. The van der Waals surface area contributed by atoms with Gasteiger partial charge in [0.15, 0.2) is 11.5 Å². The highest BCUT2D eigenvalue weighted by atomic mass is 16.5. The highest BCUT2D eigenvalue weighted by Gasteiger charge is 2.74. The number of aromatic hydroxyl groups is 1. The van der Waals surface area contributed by atoms with E-state index in [-0.39, 0.29) is 23.6 Å². The quantitative estimate of drug-likeness (QED) is 0.685. The lowest BCUT2D eigenvalue weighted by Crippen LogP contribution is -2.78. The van der Waals surface area contributed by atoms with Gasteiger partial charge in [-0.25, -0.2) is 0 Å². The summed E-state index contributed by atoms with van der Waals surface area (Å²) in [5.41, 5.74) is 1.02. The van der Waals surface area contributed by atoms with Gasteiger partial charge in [-0.3, -0.25) is 19.4 Å². The molecule has 2 unspecified atom stereocenters. The van der Waals surface area contributed by atoms with E-state index in [0.29, 0.717) is 42.6 Å². The first-order chi connectivity index (χ1) is 16.4. The zero-order valence-electron chi connectivity index (χ0n) is 19.2. The fraction of sp³-hybridized carbons (Fsp3) is 0.481. The first kappa shape index (κ1) is 20.5. The van der Waals surface area contributed by atoms with Gasteiger partial charge in [-0.2, -0.15) is 0 Å². The zero-order valence-corrected chi connectivity index (χ0v) is 19.2. The standard InChI is InChI=1S/C27H28N2O5/c1-2-12-28-13-11-26-21-15-7-8-19(30)22(21)34-23(26)18(9-10-27(26,33)20(28)14-15)29-24(31)16-5-3-4-6-17(16)25(29)32/h3-8,18,20,23,30,33H,2,9-14H2,1H3/t18?,20-,23?,26+,27-/m1/s1. The van der Waals surface area contributed by atoms with Crippen LogP contribution in [-0.2, 0) is 11.8 Å². The number of amides is 2. The number of carbonyl (C=O) groups excluding carboxylic acids is 2. The van der Waals surface area contributed by atoms with Gasteiger partial charge in [-0.05, 0) is 69.0 Å². The van der Waals surface area contributed by atoms with Gasteiger partial charge < -0.3 is 14.9 Å². The number of phenolic OH excluding ortho intramolecular Hbond substituents is 1. The van der Waals surface area contributed by atoms with Crippen LogP contribution in [0, 0.1) is 0 Å². The van der Waals surface area contributed by atoms with E-state index >= 15 is 0 Å². The molecule has 2 amide bonds. The van der Waals surface area contributed by atoms with E-state index in [1.807, 2.05) is 6.07 Å². The molecule has 1 saturated carbocycles. The second kappa shape index (κ2) is 6.61. The lowest BCUT2D eigenvalue weighted by atomic mass is 9.48. The van der Waals surface area contributed by atoms with Crippen LogP contribution < -0.4 is 4.74 Å². The average molecular weight is 461 g/mol. The molecule has 0 aromatic heterocycles. The number of phenols is 1. The lowest BCUT2D eigenvalue weighted by molar-refractivity contribution is -0.195. The monoisotopic (exact) mass is 460 g/mol. The van der Waals surface area contributed by atoms with Crippen LogP contribution in [0.5, 0.6) is 11.5 Å². The molecule has 7 rings (SSSR count). The van der Waals surface area contributed by atoms with Crippen molar-refractivity contribution >= 4 is 11.8 Å². The summed E-state index contributed by atoms with van der Waals surface area (Å²) in [5.74, 6) is -0.119. The molecule has 3 heterocycles. The molecule has 1 spiro atoms. The summed E-state index contributed by atoms with van der Waals surface area (Å²) in [6.07, 6.45) is 2.72. The molecule has 2 aromatic carbocycles. The van der Waals surface area contributed by atoms with Crippen LogP contribution in [0.4, 0.5) is 0 Å². The Kier molecular flexibility index (Phi) is 3.98. The van der Waals surface area contributed by atoms with E-state index < -0.39 is 23.2 Å². The second-order valence-electron chi connectivity index (χ2n) is 10.5. The molecule has 34 heavy (non-hydrogen) atoms. The zero-order chi connectivity index (χ0) is 23.4. The maximum Gasteiger partial charge on any atom is 0.261 e. The number of benzene rings is 2. The minimum atomic E-state index is -1.05. The molecule has 2 bridgehead atoms. The van der Waals surface area contributed by atoms with Crippen molar-refractivity contribution in [3.05, 3.63) is 58.7 Å². The molecule has 7 nitrogen and oxygen atoms in total. The third-order valence-corrected chi connectivity index (χ3v) is 9.21. The fourth-order valence-electron chi connectivity index (χ4n) is 7.93. The number of carbonyl (C=O) groups is 2. The molecular weight excluding hydrogens is 432 g/mol. The second-order valence-corrected chi connectivity index (χ2v) is 10.5. The van der Waals surface area contributed by atoms with Crippen molar-refractivity contribution < 1.29 is 24.5 Å². The van der Waals surface area contributed by atoms with Crippen LogP contribution in [0.2, 0.25) is 0 Å². The topological polar surface area (TPSA) is 90.3 Å². The number of fused-ring (bicyclic) bond motifs is 1. The first-order valence-corrected chi connectivity index (χ1v) is 12.4. The Balaban J connectivity index is 1.40. The molecule has 3 aliphatic heterocycles. The number of rotatable bonds is 3. The van der Waals surface area contributed by atoms with Crippen molar-refractivity contribution in [1.82, 2.24) is 9.80 Å². The molecule has 2 aromatic rings. The number of hydrogen-bond acceptors (Lipinski definition) is 6. The summed E-state index contributed by atoms with van der Waals surface area (Å²) in [4.78, 5) is 30.6. The van der Waals surface area contributed by atoms with E-state index in [9.17, 15) is 19.8 Å². The molecule has 7 heteroatoms. The number of piperidine rings is 1. The summed E-state index contributed by atoms with van der Waals surface area (Å²) in [6.45, 7) is 3.88.